The van der Waals surface area contributed by atoms with Crippen molar-refractivity contribution in [1.82, 2.24) is 0 Å². The molecule has 3 aromatic carbocycles. The van der Waals surface area contributed by atoms with Gasteiger partial charge < -0.3 is 14.2 Å². The van der Waals surface area contributed by atoms with Crippen molar-refractivity contribution >= 4 is 5.97 Å². The van der Waals surface area contributed by atoms with Gasteiger partial charge in [-0.25, -0.2) is 4.79 Å². The Morgan fingerprint density at radius 2 is 1.32 bits per heavy atom. The van der Waals surface area contributed by atoms with E-state index in [0.717, 1.165) is 16.7 Å². The molecule has 0 heterocycles. The maximum Gasteiger partial charge on any atom is 0.332 e. The SMILES string of the molecule is C=CC(COC(c1ccccc1)(c1ccccc1)c1ccccc1)OCC(=O)OCC. The Labute approximate surface area is 184 Å². The number of benzene rings is 3. The van der Waals surface area contributed by atoms with Crippen molar-refractivity contribution in [3.63, 3.8) is 0 Å². The van der Waals surface area contributed by atoms with E-state index < -0.39 is 17.7 Å². The highest BCUT2D eigenvalue weighted by molar-refractivity contribution is 5.70. The smallest absolute Gasteiger partial charge is 0.332 e. The first-order valence-electron chi connectivity index (χ1n) is 10.4. The normalized spacial score (nSPS) is 12.2. The molecule has 0 bridgehead atoms. The van der Waals surface area contributed by atoms with Gasteiger partial charge >= 0.3 is 5.97 Å². The standard InChI is InChI=1S/C27H28O4/c1-3-25(30-21-26(28)29-4-2)20-31-27(22-14-8-5-9-15-22,23-16-10-6-11-17-23)24-18-12-7-13-19-24/h3,5-19,25H,1,4,20-21H2,2H3. The summed E-state index contributed by atoms with van der Waals surface area (Å²) in [6.07, 6.45) is 1.17. The Balaban J connectivity index is 1.98. The third-order valence-electron chi connectivity index (χ3n) is 4.99. The fourth-order valence-electron chi connectivity index (χ4n) is 3.54. The molecule has 3 rings (SSSR count). The molecule has 0 radical (unpaired) electrons. The summed E-state index contributed by atoms with van der Waals surface area (Å²) in [5.74, 6) is -0.408. The number of carbonyl (C=O) groups is 1. The summed E-state index contributed by atoms with van der Waals surface area (Å²) < 4.78 is 17.3. The van der Waals surface area contributed by atoms with Gasteiger partial charge in [0.2, 0.25) is 0 Å². The fraction of sp³-hybridized carbons (Fsp3) is 0.222. The molecule has 3 aromatic rings. The van der Waals surface area contributed by atoms with Crippen molar-refractivity contribution < 1.29 is 19.0 Å². The number of ether oxygens (including phenoxy) is 3. The van der Waals surface area contributed by atoms with Crippen LogP contribution in [0.3, 0.4) is 0 Å². The molecule has 4 nitrogen and oxygen atoms in total. The summed E-state index contributed by atoms with van der Waals surface area (Å²) in [5.41, 5.74) is 2.15. The highest BCUT2D eigenvalue weighted by atomic mass is 16.6. The van der Waals surface area contributed by atoms with Gasteiger partial charge in [-0.1, -0.05) is 97.1 Å². The second-order valence-electron chi connectivity index (χ2n) is 6.98. The van der Waals surface area contributed by atoms with E-state index in [1.165, 1.54) is 0 Å². The maximum atomic E-state index is 11.7. The molecule has 0 saturated carbocycles. The van der Waals surface area contributed by atoms with Gasteiger partial charge in [0.15, 0.2) is 0 Å². The van der Waals surface area contributed by atoms with E-state index in [1.807, 2.05) is 54.6 Å². The second kappa shape index (κ2) is 11.3. The highest BCUT2D eigenvalue weighted by Gasteiger charge is 2.38. The van der Waals surface area contributed by atoms with Gasteiger partial charge in [-0.2, -0.15) is 0 Å². The quantitative estimate of drug-likeness (QED) is 0.247. The Morgan fingerprint density at radius 1 is 0.871 bits per heavy atom. The molecule has 31 heavy (non-hydrogen) atoms. The van der Waals surface area contributed by atoms with Crippen LogP contribution in [0.2, 0.25) is 0 Å². The van der Waals surface area contributed by atoms with Gasteiger partial charge in [0.25, 0.3) is 0 Å². The lowest BCUT2D eigenvalue weighted by Crippen LogP contribution is -2.36. The molecule has 0 aliphatic carbocycles. The number of rotatable bonds is 11. The molecular formula is C27H28O4. The van der Waals surface area contributed by atoms with E-state index >= 15 is 0 Å². The van der Waals surface area contributed by atoms with Crippen LogP contribution in [0.25, 0.3) is 0 Å². The molecule has 160 valence electrons. The van der Waals surface area contributed by atoms with Crippen molar-refractivity contribution in [3.05, 3.63) is 120 Å². The van der Waals surface area contributed by atoms with Crippen LogP contribution in [-0.4, -0.2) is 31.9 Å². The van der Waals surface area contributed by atoms with Crippen LogP contribution in [0.1, 0.15) is 23.6 Å². The maximum absolute atomic E-state index is 11.7. The average molecular weight is 417 g/mol. The Kier molecular flexibility index (Phi) is 8.16. The highest BCUT2D eigenvalue weighted by Crippen LogP contribution is 2.40. The molecule has 0 spiro atoms. The molecule has 4 heteroatoms. The number of hydrogen-bond acceptors (Lipinski definition) is 4. The summed E-state index contributed by atoms with van der Waals surface area (Å²) in [5, 5.41) is 0. The molecule has 1 atom stereocenters. The monoisotopic (exact) mass is 416 g/mol. The lowest BCUT2D eigenvalue weighted by Gasteiger charge is -2.36. The van der Waals surface area contributed by atoms with Crippen LogP contribution in [0.5, 0.6) is 0 Å². The van der Waals surface area contributed by atoms with Gasteiger partial charge in [0.05, 0.1) is 19.3 Å². The van der Waals surface area contributed by atoms with E-state index in [4.69, 9.17) is 14.2 Å². The third kappa shape index (κ3) is 5.48. The zero-order valence-electron chi connectivity index (χ0n) is 17.8. The van der Waals surface area contributed by atoms with Gasteiger partial charge in [-0.3, -0.25) is 0 Å². The lowest BCUT2D eigenvalue weighted by atomic mass is 9.80. The topological polar surface area (TPSA) is 44.8 Å². The first-order valence-corrected chi connectivity index (χ1v) is 10.4. The van der Waals surface area contributed by atoms with E-state index in [0.29, 0.717) is 6.61 Å². The van der Waals surface area contributed by atoms with Gasteiger partial charge in [0, 0.05) is 0 Å². The van der Waals surface area contributed by atoms with Gasteiger partial charge in [0.1, 0.15) is 12.2 Å². The van der Waals surface area contributed by atoms with Crippen LogP contribution in [0.15, 0.2) is 104 Å². The zero-order chi connectivity index (χ0) is 21.9. The van der Waals surface area contributed by atoms with Crippen molar-refractivity contribution in [1.29, 1.82) is 0 Å². The molecule has 0 aromatic heterocycles. The first kappa shape index (κ1) is 22.5. The molecule has 0 amide bonds. The molecule has 0 saturated heterocycles. The van der Waals surface area contributed by atoms with Crippen molar-refractivity contribution in [2.24, 2.45) is 0 Å². The van der Waals surface area contributed by atoms with Crippen LogP contribution in [0, 0.1) is 0 Å². The summed E-state index contributed by atoms with van der Waals surface area (Å²) in [7, 11) is 0. The first-order chi connectivity index (χ1) is 15.2. The minimum Gasteiger partial charge on any atom is -0.464 e. The summed E-state index contributed by atoms with van der Waals surface area (Å²) >= 11 is 0. The van der Waals surface area contributed by atoms with E-state index in [9.17, 15) is 4.79 Å². The Bertz CT molecular complexity index is 842. The van der Waals surface area contributed by atoms with E-state index in [-0.39, 0.29) is 13.2 Å². The Hall–Kier alpha value is -3.21. The van der Waals surface area contributed by atoms with Crippen LogP contribution in [-0.2, 0) is 24.6 Å². The summed E-state index contributed by atoms with van der Waals surface area (Å²) in [4.78, 5) is 11.7. The largest absolute Gasteiger partial charge is 0.464 e. The molecule has 0 fully saturated rings. The van der Waals surface area contributed by atoms with Crippen molar-refractivity contribution in [2.75, 3.05) is 19.8 Å². The van der Waals surface area contributed by atoms with E-state index in [2.05, 4.69) is 43.0 Å². The predicted molar refractivity (Wildman–Crippen MR) is 122 cm³/mol. The summed E-state index contributed by atoms with van der Waals surface area (Å²) in [6, 6.07) is 30.3. The summed E-state index contributed by atoms with van der Waals surface area (Å²) in [6.45, 7) is 5.99. The predicted octanol–water partition coefficient (Wildman–Crippen LogP) is 5.13. The average Bonchev–Trinajstić information content (AvgIpc) is 2.83. The van der Waals surface area contributed by atoms with Gasteiger partial charge in [-0.05, 0) is 23.6 Å². The number of esters is 1. The minimum absolute atomic E-state index is 0.150. The third-order valence-corrected chi connectivity index (χ3v) is 4.99. The second-order valence-corrected chi connectivity index (χ2v) is 6.98. The molecule has 0 aliphatic heterocycles. The number of carbonyl (C=O) groups excluding carboxylic acids is 1. The van der Waals surface area contributed by atoms with Crippen LogP contribution in [0.4, 0.5) is 0 Å². The lowest BCUT2D eigenvalue weighted by molar-refractivity contribution is -0.151. The molecule has 0 aliphatic rings. The molecule has 0 N–H and O–H groups in total. The fourth-order valence-corrected chi connectivity index (χ4v) is 3.54. The molecule has 1 unspecified atom stereocenters. The minimum atomic E-state index is -0.849. The van der Waals surface area contributed by atoms with Crippen LogP contribution < -0.4 is 0 Å². The van der Waals surface area contributed by atoms with E-state index in [1.54, 1.807) is 13.0 Å². The number of hydrogen-bond donors (Lipinski definition) is 0. The van der Waals surface area contributed by atoms with Crippen molar-refractivity contribution in [2.45, 2.75) is 18.6 Å². The molecular weight excluding hydrogens is 388 g/mol. The van der Waals surface area contributed by atoms with Gasteiger partial charge in [-0.15, -0.1) is 6.58 Å². The van der Waals surface area contributed by atoms with Crippen LogP contribution >= 0.6 is 0 Å². The Morgan fingerprint density at radius 3 is 1.71 bits per heavy atom. The zero-order valence-corrected chi connectivity index (χ0v) is 17.8. The van der Waals surface area contributed by atoms with Crippen molar-refractivity contribution in [3.8, 4) is 0 Å².